The molecule has 1 nitrogen and oxygen atoms in total. The Balaban J connectivity index is 2.43. The second-order valence-corrected chi connectivity index (χ2v) is 4.84. The molecule has 1 aromatic carbocycles. The maximum atomic E-state index is 5.93. The van der Waals surface area contributed by atoms with Gasteiger partial charge in [-0.25, -0.2) is 0 Å². The number of hydrogen-bond acceptors (Lipinski definition) is 2. The third-order valence-electron chi connectivity index (χ3n) is 1.92. The van der Waals surface area contributed by atoms with Crippen LogP contribution in [0.25, 0.3) is 0 Å². The van der Waals surface area contributed by atoms with E-state index in [4.69, 9.17) is 23.2 Å². The summed E-state index contributed by atoms with van der Waals surface area (Å²) in [5.41, 5.74) is 1.11. The van der Waals surface area contributed by atoms with Gasteiger partial charge in [-0.3, -0.25) is 0 Å². The van der Waals surface area contributed by atoms with Crippen molar-refractivity contribution in [2.24, 2.45) is 0 Å². The summed E-state index contributed by atoms with van der Waals surface area (Å²) < 4.78 is 0. The molecular weight excluding hydrogens is 225 g/mol. The molecule has 70 valence electrons. The Morgan fingerprint density at radius 1 is 1.23 bits per heavy atom. The summed E-state index contributed by atoms with van der Waals surface area (Å²) in [5, 5.41) is 4.59. The lowest BCUT2D eigenvalue weighted by atomic mass is 10.3. The zero-order valence-corrected chi connectivity index (χ0v) is 9.27. The smallest absolute Gasteiger partial charge is 0.0613 e. The van der Waals surface area contributed by atoms with Gasteiger partial charge >= 0.3 is 0 Å². The number of thioether (sulfide) groups is 1. The number of fused-ring (bicyclic) bond motifs is 1. The molecule has 1 N–H and O–H groups in total. The molecule has 0 saturated carbocycles. The van der Waals surface area contributed by atoms with Gasteiger partial charge in [-0.2, -0.15) is 0 Å². The summed E-state index contributed by atoms with van der Waals surface area (Å²) in [7, 11) is 0. The van der Waals surface area contributed by atoms with Crippen LogP contribution in [0.2, 0.25) is 10.0 Å². The number of benzene rings is 1. The maximum absolute atomic E-state index is 5.93. The molecule has 0 atom stereocenters. The van der Waals surface area contributed by atoms with Gasteiger partial charge in [0.15, 0.2) is 0 Å². The van der Waals surface area contributed by atoms with Crippen LogP contribution >= 0.6 is 35.0 Å². The molecule has 0 unspecified atom stereocenters. The molecule has 1 aliphatic rings. The topological polar surface area (TPSA) is 12.0 Å². The third-order valence-corrected chi connectivity index (χ3v) is 3.78. The standard InChI is InChI=1S/C9H9Cl2NS/c10-6-4-8-9(5-7(6)11)13-3-1-2-12-8/h4-5,12H,1-3H2. The predicted octanol–water partition coefficient (Wildman–Crippen LogP) is 3.90. The molecule has 0 aromatic heterocycles. The number of nitrogens with one attached hydrogen (secondary N) is 1. The van der Waals surface area contributed by atoms with E-state index in [2.05, 4.69) is 5.32 Å². The zero-order chi connectivity index (χ0) is 9.26. The van der Waals surface area contributed by atoms with Crippen LogP contribution < -0.4 is 5.32 Å². The minimum absolute atomic E-state index is 0.621. The predicted molar refractivity (Wildman–Crippen MR) is 60.3 cm³/mol. The number of anilines is 1. The van der Waals surface area contributed by atoms with Gasteiger partial charge in [0, 0.05) is 17.1 Å². The normalized spacial score (nSPS) is 15.8. The van der Waals surface area contributed by atoms with Gasteiger partial charge in [-0.15, -0.1) is 11.8 Å². The van der Waals surface area contributed by atoms with Gasteiger partial charge in [0.05, 0.1) is 10.0 Å². The van der Waals surface area contributed by atoms with Gasteiger partial charge in [-0.1, -0.05) is 23.2 Å². The SMILES string of the molecule is Clc1cc2c(cc1Cl)SCCCN2. The molecule has 0 saturated heterocycles. The molecule has 4 heteroatoms. The molecule has 13 heavy (non-hydrogen) atoms. The van der Waals surface area contributed by atoms with Crippen molar-refractivity contribution in [1.29, 1.82) is 0 Å². The minimum atomic E-state index is 0.621. The molecule has 0 aliphatic carbocycles. The van der Waals surface area contributed by atoms with E-state index in [0.29, 0.717) is 10.0 Å². The molecule has 1 aliphatic heterocycles. The molecule has 0 spiro atoms. The average Bonchev–Trinajstić information content (AvgIpc) is 2.31. The lowest BCUT2D eigenvalue weighted by molar-refractivity contribution is 0.999. The Hall–Kier alpha value is -0.0500. The number of halogens is 2. The fourth-order valence-electron chi connectivity index (χ4n) is 1.26. The molecule has 0 amide bonds. The van der Waals surface area contributed by atoms with Crippen LogP contribution in [0.5, 0.6) is 0 Å². The van der Waals surface area contributed by atoms with E-state index >= 15 is 0 Å². The van der Waals surface area contributed by atoms with Crippen LogP contribution in [0.1, 0.15) is 6.42 Å². The van der Waals surface area contributed by atoms with Gasteiger partial charge in [-0.05, 0) is 24.3 Å². The van der Waals surface area contributed by atoms with Gasteiger partial charge in [0.1, 0.15) is 0 Å². The van der Waals surface area contributed by atoms with Gasteiger partial charge in [0.25, 0.3) is 0 Å². The molecule has 0 fully saturated rings. The Kier molecular flexibility index (Phi) is 2.92. The summed E-state index contributed by atoms with van der Waals surface area (Å²) in [6, 6.07) is 3.83. The maximum Gasteiger partial charge on any atom is 0.0613 e. The second kappa shape index (κ2) is 3.99. The first kappa shape index (κ1) is 9.50. The van der Waals surface area contributed by atoms with E-state index in [-0.39, 0.29) is 0 Å². The van der Waals surface area contributed by atoms with Crippen LogP contribution in [0.3, 0.4) is 0 Å². The van der Waals surface area contributed by atoms with E-state index in [1.807, 2.05) is 23.9 Å². The zero-order valence-electron chi connectivity index (χ0n) is 6.94. The van der Waals surface area contributed by atoms with E-state index < -0.39 is 0 Å². The Morgan fingerprint density at radius 3 is 2.85 bits per heavy atom. The van der Waals surface area contributed by atoms with E-state index in [1.165, 1.54) is 11.3 Å². The highest BCUT2D eigenvalue weighted by Crippen LogP contribution is 2.36. The lowest BCUT2D eigenvalue weighted by Crippen LogP contribution is -1.99. The molecule has 0 radical (unpaired) electrons. The summed E-state index contributed by atoms with van der Waals surface area (Å²) in [6.45, 7) is 1.01. The monoisotopic (exact) mass is 233 g/mol. The van der Waals surface area contributed by atoms with Crippen molar-refractivity contribution < 1.29 is 0 Å². The van der Waals surface area contributed by atoms with Crippen LogP contribution in [-0.2, 0) is 0 Å². The van der Waals surface area contributed by atoms with Crippen molar-refractivity contribution in [2.75, 3.05) is 17.6 Å². The molecule has 1 heterocycles. The Morgan fingerprint density at radius 2 is 2.00 bits per heavy atom. The third kappa shape index (κ3) is 2.06. The lowest BCUT2D eigenvalue weighted by Gasteiger charge is -2.07. The highest BCUT2D eigenvalue weighted by Gasteiger charge is 2.10. The molecule has 2 rings (SSSR count). The van der Waals surface area contributed by atoms with Gasteiger partial charge < -0.3 is 5.32 Å². The first-order valence-corrected chi connectivity index (χ1v) is 5.87. The van der Waals surface area contributed by atoms with Crippen molar-refractivity contribution in [3.8, 4) is 0 Å². The first-order valence-electron chi connectivity index (χ1n) is 4.13. The number of rotatable bonds is 0. The van der Waals surface area contributed by atoms with Crippen LogP contribution in [0.4, 0.5) is 5.69 Å². The Labute approximate surface area is 91.8 Å². The van der Waals surface area contributed by atoms with Crippen LogP contribution in [0.15, 0.2) is 17.0 Å². The molecule has 1 aromatic rings. The fraction of sp³-hybridized carbons (Fsp3) is 0.333. The average molecular weight is 234 g/mol. The summed E-state index contributed by atoms with van der Waals surface area (Å²) >= 11 is 13.7. The summed E-state index contributed by atoms with van der Waals surface area (Å²) in [5.74, 6) is 1.14. The van der Waals surface area contributed by atoms with E-state index in [9.17, 15) is 0 Å². The van der Waals surface area contributed by atoms with Crippen molar-refractivity contribution in [3.05, 3.63) is 22.2 Å². The minimum Gasteiger partial charge on any atom is -0.384 e. The van der Waals surface area contributed by atoms with Crippen molar-refractivity contribution in [1.82, 2.24) is 0 Å². The molecular formula is C9H9Cl2NS. The highest BCUT2D eigenvalue weighted by atomic mass is 35.5. The van der Waals surface area contributed by atoms with Gasteiger partial charge in [0.2, 0.25) is 0 Å². The molecule has 0 bridgehead atoms. The van der Waals surface area contributed by atoms with Crippen molar-refractivity contribution >= 4 is 40.7 Å². The largest absolute Gasteiger partial charge is 0.384 e. The number of hydrogen-bond donors (Lipinski definition) is 1. The fourth-order valence-corrected chi connectivity index (χ4v) is 2.65. The van der Waals surface area contributed by atoms with Crippen LogP contribution in [0, 0.1) is 0 Å². The van der Waals surface area contributed by atoms with Crippen molar-refractivity contribution in [2.45, 2.75) is 11.3 Å². The van der Waals surface area contributed by atoms with E-state index in [0.717, 1.165) is 18.0 Å². The van der Waals surface area contributed by atoms with Crippen LogP contribution in [-0.4, -0.2) is 12.3 Å². The second-order valence-electron chi connectivity index (χ2n) is 2.89. The van der Waals surface area contributed by atoms with E-state index in [1.54, 1.807) is 0 Å². The quantitative estimate of drug-likeness (QED) is 0.730. The Bertz CT molecular complexity index is 297. The van der Waals surface area contributed by atoms with Crippen molar-refractivity contribution in [3.63, 3.8) is 0 Å². The summed E-state index contributed by atoms with van der Waals surface area (Å²) in [4.78, 5) is 1.20. The first-order chi connectivity index (χ1) is 6.27. The summed E-state index contributed by atoms with van der Waals surface area (Å²) in [6.07, 6.45) is 1.18. The highest BCUT2D eigenvalue weighted by molar-refractivity contribution is 7.99.